The summed E-state index contributed by atoms with van der Waals surface area (Å²) in [7, 11) is 0. The zero-order chi connectivity index (χ0) is 13.2. The lowest BCUT2D eigenvalue weighted by Crippen LogP contribution is -2.12. The van der Waals surface area contributed by atoms with E-state index in [1.807, 2.05) is 12.1 Å². The predicted molar refractivity (Wildman–Crippen MR) is 79.6 cm³/mol. The van der Waals surface area contributed by atoms with Crippen molar-refractivity contribution in [2.24, 2.45) is 5.92 Å². The first kappa shape index (κ1) is 12.7. The summed E-state index contributed by atoms with van der Waals surface area (Å²) < 4.78 is 0. The van der Waals surface area contributed by atoms with Gasteiger partial charge in [-0.1, -0.05) is 31.9 Å². The number of hydrogen-bond acceptors (Lipinski definition) is 3. The van der Waals surface area contributed by atoms with Crippen molar-refractivity contribution in [3.63, 3.8) is 0 Å². The third kappa shape index (κ3) is 2.66. The highest BCUT2D eigenvalue weighted by Crippen LogP contribution is 2.36. The summed E-state index contributed by atoms with van der Waals surface area (Å²) in [5.41, 5.74) is 2.32. The van der Waals surface area contributed by atoms with E-state index in [1.165, 1.54) is 36.3 Å². The molecule has 1 aromatic carbocycles. The van der Waals surface area contributed by atoms with Gasteiger partial charge in [0.15, 0.2) is 0 Å². The molecule has 2 aromatic rings. The zero-order valence-electron chi connectivity index (χ0n) is 11.2. The van der Waals surface area contributed by atoms with Crippen molar-refractivity contribution >= 4 is 11.3 Å². The molecule has 0 amide bonds. The number of hydrogen-bond donors (Lipinski definition) is 1. The Bertz CT molecular complexity index is 576. The van der Waals surface area contributed by atoms with Crippen LogP contribution in [0.5, 0.6) is 5.75 Å². The van der Waals surface area contributed by atoms with E-state index < -0.39 is 0 Å². The van der Waals surface area contributed by atoms with Gasteiger partial charge in [0.25, 0.3) is 0 Å². The van der Waals surface area contributed by atoms with Crippen LogP contribution in [0.3, 0.4) is 0 Å². The maximum absolute atomic E-state index is 9.57. The van der Waals surface area contributed by atoms with E-state index in [1.54, 1.807) is 23.5 Å². The van der Waals surface area contributed by atoms with Crippen LogP contribution in [0.15, 0.2) is 24.3 Å². The smallest absolute Gasteiger partial charge is 0.124 e. The van der Waals surface area contributed by atoms with Gasteiger partial charge in [0.1, 0.15) is 10.8 Å². The molecule has 19 heavy (non-hydrogen) atoms. The molecule has 100 valence electrons. The van der Waals surface area contributed by atoms with Crippen molar-refractivity contribution in [2.75, 3.05) is 0 Å². The number of aromatic nitrogens is 1. The molecule has 1 unspecified atom stereocenters. The van der Waals surface area contributed by atoms with E-state index in [0.717, 1.165) is 22.9 Å². The van der Waals surface area contributed by atoms with Crippen molar-refractivity contribution in [3.8, 4) is 16.3 Å². The number of aryl methyl sites for hydroxylation is 1. The Morgan fingerprint density at radius 1 is 1.42 bits per heavy atom. The highest BCUT2D eigenvalue weighted by Gasteiger charge is 2.22. The Balaban J connectivity index is 1.87. The third-order valence-electron chi connectivity index (χ3n) is 3.83. The van der Waals surface area contributed by atoms with E-state index in [2.05, 4.69) is 6.92 Å². The number of phenolic OH excluding ortho intramolecular Hbond substituents is 1. The van der Waals surface area contributed by atoms with E-state index in [0.29, 0.717) is 5.75 Å². The summed E-state index contributed by atoms with van der Waals surface area (Å²) >= 11 is 1.80. The quantitative estimate of drug-likeness (QED) is 0.898. The molecular formula is C16H19NOS. The van der Waals surface area contributed by atoms with Gasteiger partial charge in [-0.3, -0.25) is 0 Å². The van der Waals surface area contributed by atoms with Crippen molar-refractivity contribution in [2.45, 2.75) is 39.0 Å². The number of phenols is 1. The lowest BCUT2D eigenvalue weighted by Gasteiger charge is -2.20. The maximum atomic E-state index is 9.57. The van der Waals surface area contributed by atoms with Gasteiger partial charge in [-0.05, 0) is 37.3 Å². The molecule has 1 aromatic heterocycles. The second kappa shape index (κ2) is 5.33. The van der Waals surface area contributed by atoms with Crippen molar-refractivity contribution in [1.29, 1.82) is 0 Å². The van der Waals surface area contributed by atoms with Gasteiger partial charge in [-0.25, -0.2) is 4.98 Å². The summed E-state index contributed by atoms with van der Waals surface area (Å²) in [6.07, 6.45) is 6.20. The molecule has 0 radical (unpaired) electrons. The Morgan fingerprint density at radius 2 is 2.32 bits per heavy atom. The highest BCUT2D eigenvalue weighted by molar-refractivity contribution is 7.15. The average molecular weight is 273 g/mol. The van der Waals surface area contributed by atoms with E-state index in [4.69, 9.17) is 4.98 Å². The van der Waals surface area contributed by atoms with E-state index in [9.17, 15) is 5.11 Å². The molecular weight excluding hydrogens is 254 g/mol. The molecule has 1 aliphatic carbocycles. The Morgan fingerprint density at radius 3 is 3.11 bits per heavy atom. The van der Waals surface area contributed by atoms with Gasteiger partial charge in [0.2, 0.25) is 0 Å². The standard InChI is InChI=1S/C16H19NOS/c1-2-4-11-7-8-14-15(9-11)19-16(17-14)12-5-3-6-13(18)10-12/h3,5-6,10-11,18H,2,4,7-9H2,1H3. The minimum atomic E-state index is 0.314. The summed E-state index contributed by atoms with van der Waals surface area (Å²) in [5.74, 6) is 1.16. The number of thiazole rings is 1. The van der Waals surface area contributed by atoms with Crippen LogP contribution in [-0.2, 0) is 12.8 Å². The predicted octanol–water partition coefficient (Wildman–Crippen LogP) is 4.42. The fraction of sp³-hybridized carbons (Fsp3) is 0.438. The third-order valence-corrected chi connectivity index (χ3v) is 5.00. The molecule has 1 atom stereocenters. The summed E-state index contributed by atoms with van der Waals surface area (Å²) in [5, 5.41) is 10.6. The van der Waals surface area contributed by atoms with Gasteiger partial charge in [-0.2, -0.15) is 0 Å². The number of aromatic hydroxyl groups is 1. The fourth-order valence-electron chi connectivity index (χ4n) is 2.86. The molecule has 1 heterocycles. The van der Waals surface area contributed by atoms with Crippen LogP contribution in [0.1, 0.15) is 36.8 Å². The molecule has 0 saturated heterocycles. The number of nitrogens with zero attached hydrogens (tertiary/aromatic N) is 1. The van der Waals surface area contributed by atoms with Crippen molar-refractivity contribution in [1.82, 2.24) is 4.98 Å². The summed E-state index contributed by atoms with van der Waals surface area (Å²) in [4.78, 5) is 6.23. The van der Waals surface area contributed by atoms with Crippen LogP contribution in [0.25, 0.3) is 10.6 Å². The van der Waals surface area contributed by atoms with Crippen LogP contribution in [0.4, 0.5) is 0 Å². The lowest BCUT2D eigenvalue weighted by atomic mass is 9.88. The number of benzene rings is 1. The summed E-state index contributed by atoms with van der Waals surface area (Å²) in [6, 6.07) is 7.40. The van der Waals surface area contributed by atoms with Crippen molar-refractivity contribution in [3.05, 3.63) is 34.8 Å². The molecule has 1 N–H and O–H groups in total. The average Bonchev–Trinajstić information content (AvgIpc) is 2.82. The largest absolute Gasteiger partial charge is 0.508 e. The maximum Gasteiger partial charge on any atom is 0.124 e. The molecule has 0 fully saturated rings. The van der Waals surface area contributed by atoms with Gasteiger partial charge in [0.05, 0.1) is 5.69 Å². The monoisotopic (exact) mass is 273 g/mol. The molecule has 3 heteroatoms. The van der Waals surface area contributed by atoms with Crippen LogP contribution in [0.2, 0.25) is 0 Å². The van der Waals surface area contributed by atoms with E-state index >= 15 is 0 Å². The van der Waals surface area contributed by atoms with Crippen LogP contribution >= 0.6 is 11.3 Å². The minimum absolute atomic E-state index is 0.314. The Labute approximate surface area is 118 Å². The molecule has 1 aliphatic rings. The lowest BCUT2D eigenvalue weighted by molar-refractivity contribution is 0.424. The first-order valence-corrected chi connectivity index (χ1v) is 7.86. The van der Waals surface area contributed by atoms with Gasteiger partial charge >= 0.3 is 0 Å². The number of rotatable bonds is 3. The molecule has 0 saturated carbocycles. The number of fused-ring (bicyclic) bond motifs is 1. The minimum Gasteiger partial charge on any atom is -0.508 e. The topological polar surface area (TPSA) is 33.1 Å². The fourth-order valence-corrected chi connectivity index (χ4v) is 4.08. The zero-order valence-corrected chi connectivity index (χ0v) is 12.0. The first-order valence-electron chi connectivity index (χ1n) is 7.04. The van der Waals surface area contributed by atoms with Gasteiger partial charge < -0.3 is 5.11 Å². The second-order valence-electron chi connectivity index (χ2n) is 5.34. The molecule has 2 nitrogen and oxygen atoms in total. The van der Waals surface area contributed by atoms with Crippen molar-refractivity contribution < 1.29 is 5.11 Å². The van der Waals surface area contributed by atoms with Gasteiger partial charge in [0, 0.05) is 10.4 Å². The SMILES string of the molecule is CCCC1CCc2nc(-c3cccc(O)c3)sc2C1. The highest BCUT2D eigenvalue weighted by atomic mass is 32.1. The Hall–Kier alpha value is -1.35. The molecule has 0 bridgehead atoms. The first-order chi connectivity index (χ1) is 9.26. The Kier molecular flexibility index (Phi) is 3.56. The molecule has 0 spiro atoms. The molecule has 0 aliphatic heterocycles. The van der Waals surface area contributed by atoms with Crippen LogP contribution in [-0.4, -0.2) is 10.1 Å². The van der Waals surface area contributed by atoms with Crippen LogP contribution < -0.4 is 0 Å². The summed E-state index contributed by atoms with van der Waals surface area (Å²) in [6.45, 7) is 2.26. The molecule has 3 rings (SSSR count). The second-order valence-corrected chi connectivity index (χ2v) is 6.42. The van der Waals surface area contributed by atoms with Crippen LogP contribution in [0, 0.1) is 5.92 Å². The normalized spacial score (nSPS) is 18.3. The van der Waals surface area contributed by atoms with E-state index in [-0.39, 0.29) is 0 Å². The van der Waals surface area contributed by atoms with Gasteiger partial charge in [-0.15, -0.1) is 11.3 Å².